The lowest BCUT2D eigenvalue weighted by Crippen LogP contribution is -1.99. The van der Waals surface area contributed by atoms with Gasteiger partial charge in [0.05, 0.1) is 0 Å². The van der Waals surface area contributed by atoms with Gasteiger partial charge in [0.2, 0.25) is 0 Å². The molecule has 0 aliphatic heterocycles. The fraction of sp³-hybridized carbons (Fsp3) is 0.100. The fourth-order valence-electron chi connectivity index (χ4n) is 2.29. The van der Waals surface area contributed by atoms with Crippen molar-refractivity contribution in [3.05, 3.63) is 102 Å². The molecule has 3 aromatic rings. The van der Waals surface area contributed by atoms with Crippen LogP contribution in [-0.2, 0) is 13.0 Å². The van der Waals surface area contributed by atoms with Crippen LogP contribution in [0.4, 0.5) is 0 Å². The molecule has 0 atom stereocenters. The maximum Gasteiger partial charge on any atom is 0.123 e. The highest BCUT2D eigenvalue weighted by Crippen LogP contribution is 2.22. The number of hydrogen-bond acceptors (Lipinski definition) is 1. The maximum atomic E-state index is 5.99. The lowest BCUT2D eigenvalue weighted by Gasteiger charge is -2.11. The zero-order chi connectivity index (χ0) is 14.3. The van der Waals surface area contributed by atoms with Gasteiger partial charge in [-0.25, -0.2) is 0 Å². The minimum atomic E-state index is 0.598. The van der Waals surface area contributed by atoms with Crippen LogP contribution in [0.1, 0.15) is 16.7 Å². The Morgan fingerprint density at radius 3 is 2.24 bits per heavy atom. The smallest absolute Gasteiger partial charge is 0.123 e. The van der Waals surface area contributed by atoms with Gasteiger partial charge in [0.1, 0.15) is 12.4 Å². The van der Waals surface area contributed by atoms with Crippen LogP contribution in [0, 0.1) is 6.07 Å². The third-order valence-corrected chi connectivity index (χ3v) is 3.39. The summed E-state index contributed by atoms with van der Waals surface area (Å²) >= 11 is 0. The normalized spacial score (nSPS) is 10.3. The number of benzene rings is 3. The van der Waals surface area contributed by atoms with Gasteiger partial charge in [0.25, 0.3) is 0 Å². The van der Waals surface area contributed by atoms with E-state index in [0.717, 1.165) is 12.2 Å². The largest absolute Gasteiger partial charge is 0.489 e. The molecule has 103 valence electrons. The van der Waals surface area contributed by atoms with Gasteiger partial charge in [-0.1, -0.05) is 72.8 Å². The molecule has 0 aliphatic carbocycles. The third-order valence-electron chi connectivity index (χ3n) is 3.39. The van der Waals surface area contributed by atoms with Gasteiger partial charge >= 0.3 is 0 Å². The van der Waals surface area contributed by atoms with Crippen LogP contribution in [0.5, 0.6) is 5.75 Å². The highest BCUT2D eigenvalue weighted by Gasteiger charge is 2.04. The molecular formula is C20H17O. The molecule has 0 aliphatic rings. The second kappa shape index (κ2) is 6.76. The number of hydrogen-bond donors (Lipinski definition) is 0. The predicted molar refractivity (Wildman–Crippen MR) is 85.3 cm³/mol. The van der Waals surface area contributed by atoms with Crippen LogP contribution in [0.2, 0.25) is 0 Å². The van der Waals surface area contributed by atoms with Gasteiger partial charge in [-0.15, -0.1) is 0 Å². The third kappa shape index (κ3) is 3.73. The van der Waals surface area contributed by atoms with Crippen molar-refractivity contribution in [2.24, 2.45) is 0 Å². The number of ether oxygens (including phenoxy) is 1. The van der Waals surface area contributed by atoms with Crippen LogP contribution in [0.25, 0.3) is 0 Å². The van der Waals surface area contributed by atoms with E-state index in [1.54, 1.807) is 0 Å². The molecular weight excluding hydrogens is 256 g/mol. The predicted octanol–water partition coefficient (Wildman–Crippen LogP) is 4.66. The quantitative estimate of drug-likeness (QED) is 0.657. The van der Waals surface area contributed by atoms with Crippen LogP contribution in [0.15, 0.2) is 78.9 Å². The summed E-state index contributed by atoms with van der Waals surface area (Å²) in [5, 5.41) is 0. The van der Waals surface area contributed by atoms with Crippen molar-refractivity contribution in [2.45, 2.75) is 13.0 Å². The Morgan fingerprint density at radius 2 is 1.43 bits per heavy atom. The standard InChI is InChI=1S/C20H17O/c1-3-9-17(10-4-1)15-19-13-7-8-14-20(19)21-16-18-11-5-2-6-12-18/h2-14H,15-16H2. The highest BCUT2D eigenvalue weighted by molar-refractivity contribution is 5.37. The fourth-order valence-corrected chi connectivity index (χ4v) is 2.29. The van der Waals surface area contributed by atoms with Crippen molar-refractivity contribution >= 4 is 0 Å². The molecule has 3 aromatic carbocycles. The van der Waals surface area contributed by atoms with Crippen LogP contribution in [0.3, 0.4) is 0 Å². The van der Waals surface area contributed by atoms with E-state index in [1.165, 1.54) is 16.7 Å². The second-order valence-corrected chi connectivity index (χ2v) is 4.97. The second-order valence-electron chi connectivity index (χ2n) is 4.97. The molecule has 1 heteroatoms. The van der Waals surface area contributed by atoms with Crippen molar-refractivity contribution in [1.29, 1.82) is 0 Å². The van der Waals surface area contributed by atoms with Crippen molar-refractivity contribution < 1.29 is 4.74 Å². The molecule has 0 aromatic heterocycles. The number of rotatable bonds is 5. The highest BCUT2D eigenvalue weighted by atomic mass is 16.5. The maximum absolute atomic E-state index is 5.99. The Morgan fingerprint density at radius 1 is 0.714 bits per heavy atom. The van der Waals surface area contributed by atoms with Gasteiger partial charge in [-0.3, -0.25) is 0 Å². The van der Waals surface area contributed by atoms with Crippen LogP contribution in [-0.4, -0.2) is 0 Å². The molecule has 0 N–H and O–H groups in total. The van der Waals surface area contributed by atoms with Crippen molar-refractivity contribution in [3.8, 4) is 5.75 Å². The first-order chi connectivity index (χ1) is 10.4. The molecule has 1 radical (unpaired) electrons. The van der Waals surface area contributed by atoms with E-state index >= 15 is 0 Å². The molecule has 1 nitrogen and oxygen atoms in total. The zero-order valence-electron chi connectivity index (χ0n) is 11.8. The van der Waals surface area contributed by atoms with Crippen LogP contribution < -0.4 is 4.74 Å². The minimum absolute atomic E-state index is 0.598. The van der Waals surface area contributed by atoms with Gasteiger partial charge in [-0.2, -0.15) is 0 Å². The SMILES string of the molecule is [c]1ccc(Cc2ccccc2OCc2ccccc2)cc1. The molecule has 21 heavy (non-hydrogen) atoms. The molecule has 0 amide bonds. The first kappa shape index (κ1) is 13.4. The Balaban J connectivity index is 1.73. The van der Waals surface area contributed by atoms with Gasteiger partial charge in [0, 0.05) is 6.42 Å². The average molecular weight is 273 g/mol. The Hall–Kier alpha value is -2.54. The Bertz CT molecular complexity index is 674. The van der Waals surface area contributed by atoms with E-state index in [1.807, 2.05) is 42.5 Å². The minimum Gasteiger partial charge on any atom is -0.489 e. The Kier molecular flexibility index (Phi) is 4.33. The monoisotopic (exact) mass is 273 g/mol. The molecule has 0 fully saturated rings. The summed E-state index contributed by atoms with van der Waals surface area (Å²) in [6, 6.07) is 29.6. The van der Waals surface area contributed by atoms with E-state index in [0.29, 0.717) is 6.61 Å². The van der Waals surface area contributed by atoms with Crippen molar-refractivity contribution in [1.82, 2.24) is 0 Å². The van der Waals surface area contributed by atoms with Crippen molar-refractivity contribution in [3.63, 3.8) is 0 Å². The van der Waals surface area contributed by atoms with Crippen LogP contribution >= 0.6 is 0 Å². The molecule has 0 unspecified atom stereocenters. The van der Waals surface area contributed by atoms with E-state index in [9.17, 15) is 0 Å². The summed E-state index contributed by atoms with van der Waals surface area (Å²) in [5.41, 5.74) is 3.66. The zero-order valence-corrected chi connectivity index (χ0v) is 11.8. The Labute approximate surface area is 125 Å². The summed E-state index contributed by atoms with van der Waals surface area (Å²) in [6.07, 6.45) is 0.875. The van der Waals surface area contributed by atoms with Crippen molar-refractivity contribution in [2.75, 3.05) is 0 Å². The molecule has 0 heterocycles. The summed E-state index contributed by atoms with van der Waals surface area (Å²) in [5.74, 6) is 0.953. The average Bonchev–Trinajstić information content (AvgIpc) is 2.56. The summed E-state index contributed by atoms with van der Waals surface area (Å²) in [4.78, 5) is 0. The molecule has 0 saturated heterocycles. The van der Waals surface area contributed by atoms with Gasteiger partial charge < -0.3 is 4.74 Å². The summed E-state index contributed by atoms with van der Waals surface area (Å²) in [7, 11) is 0. The lowest BCUT2D eigenvalue weighted by molar-refractivity contribution is 0.303. The lowest BCUT2D eigenvalue weighted by atomic mass is 10.0. The van der Waals surface area contributed by atoms with Gasteiger partial charge in [-0.05, 0) is 28.8 Å². The topological polar surface area (TPSA) is 9.23 Å². The first-order valence-electron chi connectivity index (χ1n) is 7.11. The molecule has 0 bridgehead atoms. The summed E-state index contributed by atoms with van der Waals surface area (Å²) < 4.78 is 5.99. The summed E-state index contributed by atoms with van der Waals surface area (Å²) in [6.45, 7) is 0.598. The van der Waals surface area contributed by atoms with Gasteiger partial charge in [0.15, 0.2) is 0 Å². The first-order valence-corrected chi connectivity index (χ1v) is 7.11. The van der Waals surface area contributed by atoms with E-state index < -0.39 is 0 Å². The van der Waals surface area contributed by atoms with E-state index in [2.05, 4.69) is 42.5 Å². The molecule has 0 spiro atoms. The van der Waals surface area contributed by atoms with E-state index in [4.69, 9.17) is 4.74 Å². The molecule has 0 saturated carbocycles. The van der Waals surface area contributed by atoms with E-state index in [-0.39, 0.29) is 0 Å². The number of para-hydroxylation sites is 1. The molecule has 3 rings (SSSR count).